The van der Waals surface area contributed by atoms with Crippen LogP contribution in [0.1, 0.15) is 21.7 Å². The number of aromatic carboxylic acids is 1. The maximum absolute atomic E-state index is 11.1. The Balaban J connectivity index is 1.63. The zero-order chi connectivity index (χ0) is 21.1. The van der Waals surface area contributed by atoms with Gasteiger partial charge in [-0.1, -0.05) is 23.4 Å². The number of carboxylic acid groups (broad SMARTS) is 1. The van der Waals surface area contributed by atoms with Crippen LogP contribution in [-0.2, 0) is 6.54 Å². The summed E-state index contributed by atoms with van der Waals surface area (Å²) in [5.41, 5.74) is 9.09. The lowest BCUT2D eigenvalue weighted by Crippen LogP contribution is -2.06. The van der Waals surface area contributed by atoms with Crippen LogP contribution in [0.4, 0.5) is 5.95 Å². The molecule has 0 spiro atoms. The number of hydrogen-bond acceptors (Lipinski definition) is 8. The number of nitrogen functional groups attached to an aromatic ring is 1. The molecule has 4 rings (SSSR count). The third-order valence-electron chi connectivity index (χ3n) is 4.18. The van der Waals surface area contributed by atoms with E-state index in [1.165, 1.54) is 10.7 Å². The molecule has 146 valence electrons. The second-order valence-electron chi connectivity index (χ2n) is 6.31. The first-order chi connectivity index (χ1) is 14.5. The lowest BCUT2D eigenvalue weighted by Gasteiger charge is -2.05. The van der Waals surface area contributed by atoms with E-state index in [1.54, 1.807) is 42.6 Å². The fourth-order valence-electron chi connectivity index (χ4n) is 2.84. The summed E-state index contributed by atoms with van der Waals surface area (Å²) >= 11 is 0. The minimum Gasteiger partial charge on any atom is -0.477 e. The van der Waals surface area contributed by atoms with E-state index >= 15 is 0 Å². The molecule has 10 nitrogen and oxygen atoms in total. The van der Waals surface area contributed by atoms with Gasteiger partial charge in [0.1, 0.15) is 11.4 Å². The van der Waals surface area contributed by atoms with Crippen molar-refractivity contribution in [3.63, 3.8) is 0 Å². The van der Waals surface area contributed by atoms with Crippen LogP contribution in [0.3, 0.4) is 0 Å². The molecule has 30 heavy (non-hydrogen) atoms. The number of benzene rings is 1. The molecular weight excluding hydrogens is 384 g/mol. The van der Waals surface area contributed by atoms with Crippen molar-refractivity contribution < 1.29 is 9.90 Å². The molecule has 4 aromatic rings. The molecule has 0 amide bonds. The topological polar surface area (TPSA) is 156 Å². The highest BCUT2D eigenvalue weighted by Crippen LogP contribution is 2.24. The van der Waals surface area contributed by atoms with Crippen molar-refractivity contribution in [1.29, 1.82) is 5.26 Å². The number of carboxylic acids is 1. The number of nitriles is 1. The highest BCUT2D eigenvalue weighted by atomic mass is 16.4. The van der Waals surface area contributed by atoms with Crippen molar-refractivity contribution in [3.05, 3.63) is 71.7 Å². The number of carbonyl (C=O) groups is 1. The molecule has 3 N–H and O–H groups in total. The predicted molar refractivity (Wildman–Crippen MR) is 106 cm³/mol. The van der Waals surface area contributed by atoms with Crippen molar-refractivity contribution in [2.75, 3.05) is 5.73 Å². The van der Waals surface area contributed by atoms with E-state index in [9.17, 15) is 4.79 Å². The fraction of sp³-hybridized carbons (Fsp3) is 0.0500. The average Bonchev–Trinajstić information content (AvgIpc) is 3.22. The largest absolute Gasteiger partial charge is 0.477 e. The Bertz CT molecular complexity index is 1290. The first kappa shape index (κ1) is 18.7. The minimum atomic E-state index is -1.10. The molecule has 0 radical (unpaired) electrons. The molecule has 0 fully saturated rings. The molecule has 3 aromatic heterocycles. The lowest BCUT2D eigenvalue weighted by atomic mass is 10.1. The highest BCUT2D eigenvalue weighted by Gasteiger charge is 2.12. The molecule has 10 heteroatoms. The van der Waals surface area contributed by atoms with Crippen LogP contribution < -0.4 is 5.73 Å². The number of pyridine rings is 1. The zero-order valence-electron chi connectivity index (χ0n) is 15.5. The van der Waals surface area contributed by atoms with Crippen molar-refractivity contribution in [2.45, 2.75) is 6.54 Å². The first-order valence-corrected chi connectivity index (χ1v) is 8.76. The summed E-state index contributed by atoms with van der Waals surface area (Å²) in [4.78, 5) is 23.6. The summed E-state index contributed by atoms with van der Waals surface area (Å²) in [6, 6.07) is 15.6. The second-order valence-corrected chi connectivity index (χ2v) is 6.31. The van der Waals surface area contributed by atoms with E-state index < -0.39 is 5.97 Å². The number of nitrogens with two attached hydrogens (primary N) is 1. The Morgan fingerprint density at radius 2 is 1.87 bits per heavy atom. The van der Waals surface area contributed by atoms with Gasteiger partial charge in [0.05, 0.1) is 41.5 Å². The van der Waals surface area contributed by atoms with Crippen LogP contribution in [0.15, 0.2) is 54.7 Å². The van der Waals surface area contributed by atoms with Gasteiger partial charge in [-0.15, -0.1) is 5.10 Å². The van der Waals surface area contributed by atoms with Gasteiger partial charge in [-0.2, -0.15) is 5.26 Å². The number of rotatable bonds is 5. The predicted octanol–water partition coefficient (Wildman–Crippen LogP) is 2.00. The number of hydrogen-bond donors (Lipinski definition) is 2. The maximum atomic E-state index is 11.1. The number of nitrogens with zero attached hydrogens (tertiary/aromatic N) is 7. The second kappa shape index (κ2) is 7.76. The van der Waals surface area contributed by atoms with Gasteiger partial charge in [0.25, 0.3) is 0 Å². The molecule has 0 saturated carbocycles. The van der Waals surface area contributed by atoms with Gasteiger partial charge >= 0.3 is 5.97 Å². The Morgan fingerprint density at radius 3 is 2.67 bits per heavy atom. The summed E-state index contributed by atoms with van der Waals surface area (Å²) in [6.07, 6.45) is 1.66. The summed E-state index contributed by atoms with van der Waals surface area (Å²) in [5.74, 6) is -1.03. The molecule has 3 heterocycles. The minimum absolute atomic E-state index is 0.0411. The molecule has 0 bridgehead atoms. The smallest absolute Gasteiger partial charge is 0.354 e. The highest BCUT2D eigenvalue weighted by molar-refractivity contribution is 5.85. The number of aromatic nitrogens is 6. The van der Waals surface area contributed by atoms with Gasteiger partial charge in [-0.25, -0.2) is 24.4 Å². The van der Waals surface area contributed by atoms with Gasteiger partial charge in [-0.3, -0.25) is 0 Å². The first-order valence-electron chi connectivity index (χ1n) is 8.76. The van der Waals surface area contributed by atoms with Crippen molar-refractivity contribution >= 4 is 11.9 Å². The third kappa shape index (κ3) is 3.95. The molecule has 1 aromatic carbocycles. The van der Waals surface area contributed by atoms with E-state index in [1.807, 2.05) is 6.07 Å². The zero-order valence-corrected chi connectivity index (χ0v) is 15.5. The van der Waals surface area contributed by atoms with E-state index in [-0.39, 0.29) is 18.2 Å². The summed E-state index contributed by atoms with van der Waals surface area (Å²) < 4.78 is 1.53. The van der Waals surface area contributed by atoms with Crippen molar-refractivity contribution in [2.24, 2.45) is 0 Å². The van der Waals surface area contributed by atoms with Crippen LogP contribution in [0, 0.1) is 11.3 Å². The normalized spacial score (nSPS) is 10.5. The van der Waals surface area contributed by atoms with Crippen molar-refractivity contribution in [3.8, 4) is 28.7 Å². The molecule has 0 aliphatic carbocycles. The van der Waals surface area contributed by atoms with Crippen LogP contribution in [0.2, 0.25) is 0 Å². The standard InChI is InChI=1S/C20H14N8O2/c21-9-12-3-1-4-13(7-12)16-8-17(25-20(22)24-16)18-11-28(27-26-18)10-14-5-2-6-15(23-14)19(29)30/h1-8,11H,10H2,(H,29,30)(H2,22,24,25). The van der Waals surface area contributed by atoms with Crippen LogP contribution in [0.5, 0.6) is 0 Å². The van der Waals surface area contributed by atoms with Gasteiger partial charge in [0.15, 0.2) is 0 Å². The van der Waals surface area contributed by atoms with Crippen molar-refractivity contribution in [1.82, 2.24) is 29.9 Å². The molecule has 0 atom stereocenters. The Kier molecular flexibility index (Phi) is 4.84. The van der Waals surface area contributed by atoms with Gasteiger partial charge < -0.3 is 10.8 Å². The monoisotopic (exact) mass is 398 g/mol. The van der Waals surface area contributed by atoms with Gasteiger partial charge in [-0.05, 0) is 30.3 Å². The van der Waals surface area contributed by atoms with Crippen LogP contribution >= 0.6 is 0 Å². The molecule has 0 saturated heterocycles. The SMILES string of the molecule is N#Cc1cccc(-c2cc(-c3cn(Cc4cccc(C(=O)O)n4)nn3)nc(N)n2)c1. The van der Waals surface area contributed by atoms with E-state index in [4.69, 9.17) is 16.1 Å². The molecular formula is C20H14N8O2. The third-order valence-corrected chi connectivity index (χ3v) is 4.18. The number of anilines is 1. The lowest BCUT2D eigenvalue weighted by molar-refractivity contribution is 0.0690. The van der Waals surface area contributed by atoms with Crippen LogP contribution in [-0.4, -0.2) is 41.0 Å². The Morgan fingerprint density at radius 1 is 1.07 bits per heavy atom. The molecule has 0 aliphatic heterocycles. The Labute approximate surface area is 170 Å². The van der Waals surface area contributed by atoms with Crippen LogP contribution in [0.25, 0.3) is 22.6 Å². The fourth-order valence-corrected chi connectivity index (χ4v) is 2.84. The average molecular weight is 398 g/mol. The van der Waals surface area contributed by atoms with Gasteiger partial charge in [0, 0.05) is 5.56 Å². The quantitative estimate of drug-likeness (QED) is 0.513. The van der Waals surface area contributed by atoms with E-state index in [0.717, 1.165) is 5.56 Å². The summed E-state index contributed by atoms with van der Waals surface area (Å²) in [7, 11) is 0. The van der Waals surface area contributed by atoms with E-state index in [2.05, 4.69) is 31.3 Å². The summed E-state index contributed by atoms with van der Waals surface area (Å²) in [6.45, 7) is 0.242. The molecule has 0 unspecified atom stereocenters. The van der Waals surface area contributed by atoms with Gasteiger partial charge in [0.2, 0.25) is 5.95 Å². The molecule has 0 aliphatic rings. The van der Waals surface area contributed by atoms with E-state index in [0.29, 0.717) is 28.3 Å². The summed E-state index contributed by atoms with van der Waals surface area (Å²) in [5, 5.41) is 26.3. The Hall–Kier alpha value is -4.65. The maximum Gasteiger partial charge on any atom is 0.354 e.